The van der Waals surface area contributed by atoms with Crippen LogP contribution in [0.25, 0.3) is 10.8 Å². The fourth-order valence-corrected chi connectivity index (χ4v) is 2.43. The Kier molecular flexibility index (Phi) is 3.34. The minimum Gasteiger partial charge on any atom is -0.469 e. The summed E-state index contributed by atoms with van der Waals surface area (Å²) in [6.07, 6.45) is 3.34. The Bertz CT molecular complexity index is 658. The summed E-state index contributed by atoms with van der Waals surface area (Å²) in [7, 11) is 0. The second-order valence-corrected chi connectivity index (χ2v) is 4.93. The quantitative estimate of drug-likeness (QED) is 0.770. The Morgan fingerprint density at radius 2 is 1.74 bits per heavy atom. The maximum absolute atomic E-state index is 6.18. The van der Waals surface area contributed by atoms with Gasteiger partial charge in [0.05, 0.1) is 6.26 Å². The van der Waals surface area contributed by atoms with E-state index >= 15 is 0 Å². The summed E-state index contributed by atoms with van der Waals surface area (Å²) < 4.78 is 5.33. The molecule has 3 rings (SSSR count). The van der Waals surface area contributed by atoms with E-state index in [1.165, 1.54) is 16.3 Å². The molecule has 0 amide bonds. The van der Waals surface area contributed by atoms with E-state index in [1.54, 1.807) is 6.26 Å². The Morgan fingerprint density at radius 3 is 2.53 bits per heavy atom. The maximum Gasteiger partial charge on any atom is 0.105 e. The van der Waals surface area contributed by atoms with Gasteiger partial charge in [0.2, 0.25) is 0 Å². The molecule has 2 nitrogen and oxygen atoms in total. The number of hydrogen-bond donors (Lipinski definition) is 1. The minimum atomic E-state index is 0.0901. The summed E-state index contributed by atoms with van der Waals surface area (Å²) in [4.78, 5) is 0. The lowest BCUT2D eigenvalue weighted by Crippen LogP contribution is -2.25. The molecule has 1 unspecified atom stereocenters. The van der Waals surface area contributed by atoms with Gasteiger partial charge in [-0.1, -0.05) is 42.5 Å². The second-order valence-electron chi connectivity index (χ2n) is 4.93. The molecule has 1 atom stereocenters. The highest BCUT2D eigenvalue weighted by atomic mass is 16.3. The number of benzene rings is 2. The zero-order valence-corrected chi connectivity index (χ0v) is 10.8. The molecule has 0 saturated heterocycles. The molecule has 1 heterocycles. The van der Waals surface area contributed by atoms with Crippen LogP contribution in [0.5, 0.6) is 0 Å². The van der Waals surface area contributed by atoms with E-state index in [4.69, 9.17) is 10.2 Å². The smallest absolute Gasteiger partial charge is 0.105 e. The van der Waals surface area contributed by atoms with Crippen LogP contribution in [0.15, 0.2) is 65.3 Å². The molecule has 2 aromatic carbocycles. The number of fused-ring (bicyclic) bond motifs is 1. The largest absolute Gasteiger partial charge is 0.469 e. The third kappa shape index (κ3) is 2.85. The molecule has 0 spiro atoms. The monoisotopic (exact) mass is 251 g/mol. The van der Waals surface area contributed by atoms with Crippen LogP contribution in [0.3, 0.4) is 0 Å². The maximum atomic E-state index is 6.18. The van der Waals surface area contributed by atoms with Crippen molar-refractivity contribution in [3.63, 3.8) is 0 Å². The van der Waals surface area contributed by atoms with Crippen molar-refractivity contribution in [2.24, 2.45) is 5.73 Å². The van der Waals surface area contributed by atoms with E-state index in [1.807, 2.05) is 12.1 Å². The first-order chi connectivity index (χ1) is 9.31. The molecule has 2 heteroatoms. The van der Waals surface area contributed by atoms with Gasteiger partial charge in [0.25, 0.3) is 0 Å². The first-order valence-electron chi connectivity index (χ1n) is 6.57. The van der Waals surface area contributed by atoms with Crippen molar-refractivity contribution in [3.05, 3.63) is 72.2 Å². The van der Waals surface area contributed by atoms with Gasteiger partial charge in [-0.25, -0.2) is 0 Å². The molecule has 0 radical (unpaired) electrons. The molecule has 3 aromatic rings. The van der Waals surface area contributed by atoms with Crippen molar-refractivity contribution in [1.82, 2.24) is 0 Å². The summed E-state index contributed by atoms with van der Waals surface area (Å²) in [5.41, 5.74) is 7.46. The number of furan rings is 1. The Hall–Kier alpha value is -2.06. The Labute approximate surface area is 112 Å². The first kappa shape index (κ1) is 12.0. The van der Waals surface area contributed by atoms with E-state index < -0.39 is 0 Å². The van der Waals surface area contributed by atoms with Crippen LogP contribution in [0.2, 0.25) is 0 Å². The molecule has 19 heavy (non-hydrogen) atoms. The fourth-order valence-electron chi connectivity index (χ4n) is 2.43. The molecule has 96 valence electrons. The zero-order valence-electron chi connectivity index (χ0n) is 10.8. The lowest BCUT2D eigenvalue weighted by Gasteiger charge is -2.10. The molecule has 0 aliphatic heterocycles. The summed E-state index contributed by atoms with van der Waals surface area (Å²) in [5, 5.41) is 2.54. The lowest BCUT2D eigenvalue weighted by atomic mass is 10.00. The van der Waals surface area contributed by atoms with Crippen LogP contribution >= 0.6 is 0 Å². The van der Waals surface area contributed by atoms with E-state index in [0.29, 0.717) is 0 Å². The average Bonchev–Trinajstić information content (AvgIpc) is 2.91. The van der Waals surface area contributed by atoms with Gasteiger partial charge in [-0.2, -0.15) is 0 Å². The Morgan fingerprint density at radius 1 is 0.895 bits per heavy atom. The van der Waals surface area contributed by atoms with Crippen molar-refractivity contribution >= 4 is 10.8 Å². The van der Waals surface area contributed by atoms with Crippen molar-refractivity contribution in [1.29, 1.82) is 0 Å². The highest BCUT2D eigenvalue weighted by Crippen LogP contribution is 2.17. The van der Waals surface area contributed by atoms with E-state index in [0.717, 1.165) is 18.6 Å². The van der Waals surface area contributed by atoms with Gasteiger partial charge in [0.15, 0.2) is 0 Å². The van der Waals surface area contributed by atoms with Crippen molar-refractivity contribution < 1.29 is 4.42 Å². The summed E-state index contributed by atoms with van der Waals surface area (Å²) in [5.74, 6) is 0.952. The summed E-state index contributed by atoms with van der Waals surface area (Å²) in [6, 6.07) is 18.9. The van der Waals surface area contributed by atoms with Crippen LogP contribution in [-0.2, 0) is 12.8 Å². The van der Waals surface area contributed by atoms with E-state index in [9.17, 15) is 0 Å². The molecular weight excluding hydrogens is 234 g/mol. The van der Waals surface area contributed by atoms with Gasteiger partial charge in [0.1, 0.15) is 5.76 Å². The molecule has 0 aliphatic rings. The molecule has 0 fully saturated rings. The van der Waals surface area contributed by atoms with Crippen LogP contribution in [0.4, 0.5) is 0 Å². The number of hydrogen-bond acceptors (Lipinski definition) is 2. The van der Waals surface area contributed by atoms with E-state index in [-0.39, 0.29) is 6.04 Å². The van der Waals surface area contributed by atoms with E-state index in [2.05, 4.69) is 42.5 Å². The predicted octanol–water partition coefficient (Wildman–Crippen LogP) is 3.55. The van der Waals surface area contributed by atoms with Crippen LogP contribution in [-0.4, -0.2) is 6.04 Å². The van der Waals surface area contributed by atoms with Gasteiger partial charge in [-0.15, -0.1) is 0 Å². The Balaban J connectivity index is 1.73. The van der Waals surface area contributed by atoms with Gasteiger partial charge >= 0.3 is 0 Å². The van der Waals surface area contributed by atoms with Gasteiger partial charge in [-0.05, 0) is 34.9 Å². The normalized spacial score (nSPS) is 12.7. The highest BCUT2D eigenvalue weighted by Gasteiger charge is 2.07. The molecule has 0 aliphatic carbocycles. The summed E-state index contributed by atoms with van der Waals surface area (Å²) >= 11 is 0. The standard InChI is InChI=1S/C17H17NO/c18-16(12-17-6-3-9-19-17)11-13-7-8-14-4-1-2-5-15(14)10-13/h1-10,16H,11-12,18H2. The molecule has 0 bridgehead atoms. The second kappa shape index (κ2) is 5.29. The van der Waals surface area contributed by atoms with Crippen LogP contribution in [0, 0.1) is 0 Å². The number of rotatable bonds is 4. The highest BCUT2D eigenvalue weighted by molar-refractivity contribution is 5.82. The zero-order chi connectivity index (χ0) is 13.1. The van der Waals surface area contributed by atoms with Gasteiger partial charge in [-0.3, -0.25) is 0 Å². The van der Waals surface area contributed by atoms with Crippen molar-refractivity contribution in [3.8, 4) is 0 Å². The molecule has 1 aromatic heterocycles. The molecule has 0 saturated carbocycles. The van der Waals surface area contributed by atoms with Gasteiger partial charge in [0, 0.05) is 12.5 Å². The molecule has 2 N–H and O–H groups in total. The minimum absolute atomic E-state index is 0.0901. The van der Waals surface area contributed by atoms with Crippen molar-refractivity contribution in [2.75, 3.05) is 0 Å². The SMILES string of the molecule is NC(Cc1ccc2ccccc2c1)Cc1ccco1. The first-order valence-corrected chi connectivity index (χ1v) is 6.57. The topological polar surface area (TPSA) is 39.2 Å². The predicted molar refractivity (Wildman–Crippen MR) is 78.0 cm³/mol. The van der Waals surface area contributed by atoms with Crippen molar-refractivity contribution in [2.45, 2.75) is 18.9 Å². The van der Waals surface area contributed by atoms with Crippen LogP contribution in [0.1, 0.15) is 11.3 Å². The summed E-state index contributed by atoms with van der Waals surface area (Å²) in [6.45, 7) is 0. The third-order valence-corrected chi connectivity index (χ3v) is 3.36. The average molecular weight is 251 g/mol. The number of nitrogens with two attached hydrogens (primary N) is 1. The van der Waals surface area contributed by atoms with Gasteiger partial charge < -0.3 is 10.2 Å². The molecular formula is C17H17NO. The lowest BCUT2D eigenvalue weighted by molar-refractivity contribution is 0.483. The van der Waals surface area contributed by atoms with Crippen LogP contribution < -0.4 is 5.73 Å². The third-order valence-electron chi connectivity index (χ3n) is 3.36. The fraction of sp³-hybridized carbons (Fsp3) is 0.176.